The van der Waals surface area contributed by atoms with E-state index in [4.69, 9.17) is 20.2 Å². The maximum Gasteiger partial charge on any atom is 0.166 e. The van der Waals surface area contributed by atoms with Crippen molar-refractivity contribution >= 4 is 36.2 Å². The topological polar surface area (TPSA) is 56.8 Å². The van der Waals surface area contributed by atoms with Crippen molar-refractivity contribution in [1.82, 2.24) is 0 Å². The van der Waals surface area contributed by atoms with Crippen molar-refractivity contribution in [3.63, 3.8) is 0 Å². The number of ether oxygens (including phenoxy) is 2. The minimum Gasteiger partial charge on any atom is -0.493 e. The summed E-state index contributed by atoms with van der Waals surface area (Å²) in [6.07, 6.45) is 1.70. The van der Waals surface area contributed by atoms with Gasteiger partial charge in [-0.25, -0.2) is 0 Å². The van der Waals surface area contributed by atoms with Gasteiger partial charge in [0.1, 0.15) is 5.60 Å². The number of fused-ring (bicyclic) bond motifs is 3. The van der Waals surface area contributed by atoms with E-state index in [1.807, 2.05) is 18.2 Å². The quantitative estimate of drug-likeness (QED) is 0.410. The number of rotatable bonds is 3. The Labute approximate surface area is 214 Å². The number of halogens is 2. The summed E-state index contributed by atoms with van der Waals surface area (Å²) >= 11 is 0. The van der Waals surface area contributed by atoms with Gasteiger partial charge in [0, 0.05) is 28.8 Å². The molecule has 34 heavy (non-hydrogen) atoms. The van der Waals surface area contributed by atoms with E-state index in [1.165, 1.54) is 16.7 Å². The Morgan fingerprint density at radius 2 is 1.53 bits per heavy atom. The largest absolute Gasteiger partial charge is 0.493 e. The predicted molar refractivity (Wildman–Crippen MR) is 146 cm³/mol. The molecule has 2 heterocycles. The van der Waals surface area contributed by atoms with E-state index in [0.29, 0.717) is 0 Å². The zero-order chi connectivity index (χ0) is 22.7. The molecule has 0 fully saturated rings. The fourth-order valence-electron chi connectivity index (χ4n) is 4.99. The normalized spacial score (nSPS) is 16.7. The highest BCUT2D eigenvalue weighted by Gasteiger charge is 2.39. The van der Waals surface area contributed by atoms with Gasteiger partial charge in [-0.3, -0.25) is 4.99 Å². The van der Waals surface area contributed by atoms with Crippen LogP contribution in [0.2, 0.25) is 0 Å². The third kappa shape index (κ3) is 4.62. The predicted octanol–water partition coefficient (Wildman–Crippen LogP) is 6.67. The number of aliphatic imine (C=N–C) groups is 1. The highest BCUT2D eigenvalue weighted by Crippen LogP contribution is 2.48. The molecule has 0 aromatic heterocycles. The van der Waals surface area contributed by atoms with Crippen molar-refractivity contribution in [1.29, 1.82) is 0 Å². The number of hydrogen-bond donors (Lipinski definition) is 1. The molecular weight excluding hydrogens is 467 g/mol. The van der Waals surface area contributed by atoms with Crippen LogP contribution < -0.4 is 15.2 Å². The van der Waals surface area contributed by atoms with Gasteiger partial charge in [-0.05, 0) is 75.1 Å². The first-order valence-corrected chi connectivity index (χ1v) is 11.1. The van der Waals surface area contributed by atoms with Crippen molar-refractivity contribution in [2.45, 2.75) is 51.7 Å². The summed E-state index contributed by atoms with van der Waals surface area (Å²) in [6, 6.07) is 18.7. The number of nitrogens with two attached hydrogens (primary N) is 1. The lowest BCUT2D eigenvalue weighted by atomic mass is 9.80. The summed E-state index contributed by atoms with van der Waals surface area (Å²) in [5, 5.41) is 0. The third-order valence-corrected chi connectivity index (χ3v) is 6.26. The molecule has 5 rings (SSSR count). The highest BCUT2D eigenvalue weighted by atomic mass is 35.5. The van der Waals surface area contributed by atoms with Crippen LogP contribution in [0.5, 0.6) is 11.5 Å². The summed E-state index contributed by atoms with van der Waals surface area (Å²) in [5.74, 6) is 1.67. The van der Waals surface area contributed by atoms with E-state index in [-0.39, 0.29) is 36.0 Å². The second kappa shape index (κ2) is 9.16. The van der Waals surface area contributed by atoms with Crippen LogP contribution in [-0.2, 0) is 12.8 Å². The molecule has 0 saturated heterocycles. The number of benzene rings is 3. The molecule has 180 valence electrons. The number of hydrogen-bond acceptors (Lipinski definition) is 4. The molecule has 3 aromatic rings. The monoisotopic (exact) mass is 498 g/mol. The summed E-state index contributed by atoms with van der Waals surface area (Å²) in [4.78, 5) is 5.25. The maximum absolute atomic E-state index is 6.33. The van der Waals surface area contributed by atoms with Gasteiger partial charge < -0.3 is 15.2 Å². The zero-order valence-electron chi connectivity index (χ0n) is 20.3. The SMILES string of the molecule is COc1cc2c(c3c1OC(C)(C)C3)C(c1cccc(-c3cccc(N)c3)c1)=NC(C)(C)C2.Cl.Cl. The standard InChI is InChI=1S/C28H30N2O2.2ClH/c1-27(2)15-20-14-23(31-5)26-22(16-28(3,4)32-26)24(20)25(30-27)19-10-6-8-17(12-19)18-9-7-11-21(29)13-18;;/h6-14H,15-16,29H2,1-5H3;2*1H. The van der Waals surface area contributed by atoms with Crippen LogP contribution in [0.4, 0.5) is 5.69 Å². The number of methoxy groups -OCH3 is 1. The van der Waals surface area contributed by atoms with Crippen LogP contribution in [0.15, 0.2) is 59.6 Å². The van der Waals surface area contributed by atoms with Crippen LogP contribution in [0, 0.1) is 0 Å². The second-order valence-corrected chi connectivity index (χ2v) is 10.1. The minimum absolute atomic E-state index is 0. The fourth-order valence-corrected chi connectivity index (χ4v) is 4.99. The van der Waals surface area contributed by atoms with E-state index < -0.39 is 0 Å². The van der Waals surface area contributed by atoms with Crippen molar-refractivity contribution in [3.05, 3.63) is 76.9 Å². The Morgan fingerprint density at radius 3 is 2.21 bits per heavy atom. The Morgan fingerprint density at radius 1 is 0.882 bits per heavy atom. The van der Waals surface area contributed by atoms with Gasteiger partial charge in [0.15, 0.2) is 11.5 Å². The molecular formula is C28H32Cl2N2O2. The fraction of sp³-hybridized carbons (Fsp3) is 0.321. The molecule has 4 nitrogen and oxygen atoms in total. The van der Waals surface area contributed by atoms with E-state index in [0.717, 1.165) is 52.4 Å². The van der Waals surface area contributed by atoms with Gasteiger partial charge in [0.05, 0.1) is 18.4 Å². The molecule has 0 saturated carbocycles. The van der Waals surface area contributed by atoms with Gasteiger partial charge in [-0.15, -0.1) is 24.8 Å². The first-order valence-electron chi connectivity index (χ1n) is 11.1. The van der Waals surface area contributed by atoms with E-state index in [2.05, 4.69) is 64.1 Å². The molecule has 0 amide bonds. The van der Waals surface area contributed by atoms with Gasteiger partial charge in [0.25, 0.3) is 0 Å². The van der Waals surface area contributed by atoms with Gasteiger partial charge in [-0.2, -0.15) is 0 Å². The minimum atomic E-state index is -0.272. The molecule has 0 bridgehead atoms. The average Bonchev–Trinajstić information content (AvgIpc) is 3.06. The van der Waals surface area contributed by atoms with Crippen molar-refractivity contribution in [2.75, 3.05) is 12.8 Å². The molecule has 2 aliphatic heterocycles. The second-order valence-electron chi connectivity index (χ2n) is 10.1. The first-order chi connectivity index (χ1) is 15.2. The molecule has 0 atom stereocenters. The van der Waals surface area contributed by atoms with E-state index in [9.17, 15) is 0 Å². The first kappa shape index (κ1) is 25.9. The summed E-state index contributed by atoms with van der Waals surface area (Å²) in [5.41, 5.74) is 14.4. The molecule has 6 heteroatoms. The lowest BCUT2D eigenvalue weighted by Gasteiger charge is -2.31. The summed E-state index contributed by atoms with van der Waals surface area (Å²) in [6.45, 7) is 8.64. The smallest absolute Gasteiger partial charge is 0.166 e. The third-order valence-electron chi connectivity index (χ3n) is 6.26. The average molecular weight is 499 g/mol. The Hall–Kier alpha value is -2.69. The zero-order valence-corrected chi connectivity index (χ0v) is 21.9. The van der Waals surface area contributed by atoms with Gasteiger partial charge in [0.2, 0.25) is 0 Å². The Bertz CT molecular complexity index is 1270. The van der Waals surface area contributed by atoms with E-state index >= 15 is 0 Å². The van der Waals surface area contributed by atoms with Crippen molar-refractivity contribution in [3.8, 4) is 22.6 Å². The number of anilines is 1. The Kier molecular flexibility index (Phi) is 6.99. The molecule has 2 N–H and O–H groups in total. The molecule has 0 unspecified atom stereocenters. The van der Waals surface area contributed by atoms with Crippen LogP contribution in [-0.4, -0.2) is 24.0 Å². The van der Waals surface area contributed by atoms with Gasteiger partial charge in [-0.1, -0.05) is 30.3 Å². The summed E-state index contributed by atoms with van der Waals surface area (Å²) in [7, 11) is 1.72. The molecule has 0 radical (unpaired) electrons. The Balaban J connectivity index is 0.00000162. The maximum atomic E-state index is 6.33. The molecule has 0 spiro atoms. The lowest BCUT2D eigenvalue weighted by Crippen LogP contribution is -2.30. The number of nitrogen functional groups attached to an aromatic ring is 1. The van der Waals surface area contributed by atoms with Crippen LogP contribution in [0.25, 0.3) is 11.1 Å². The van der Waals surface area contributed by atoms with Crippen molar-refractivity contribution in [2.24, 2.45) is 4.99 Å². The van der Waals surface area contributed by atoms with Gasteiger partial charge >= 0.3 is 0 Å². The van der Waals surface area contributed by atoms with E-state index in [1.54, 1.807) is 7.11 Å². The summed E-state index contributed by atoms with van der Waals surface area (Å²) < 4.78 is 12.1. The van der Waals surface area contributed by atoms with Crippen molar-refractivity contribution < 1.29 is 9.47 Å². The van der Waals surface area contributed by atoms with Crippen LogP contribution in [0.3, 0.4) is 0 Å². The molecule has 3 aromatic carbocycles. The number of nitrogens with zero attached hydrogens (tertiary/aromatic N) is 1. The van der Waals surface area contributed by atoms with Crippen LogP contribution in [0.1, 0.15) is 49.9 Å². The lowest BCUT2D eigenvalue weighted by molar-refractivity contribution is 0.134. The molecule has 0 aliphatic carbocycles. The highest BCUT2D eigenvalue weighted by molar-refractivity contribution is 6.16. The molecule has 2 aliphatic rings. The van der Waals surface area contributed by atoms with Crippen LogP contribution >= 0.6 is 24.8 Å².